The van der Waals surface area contributed by atoms with Gasteiger partial charge in [0.05, 0.1) is 29.9 Å². The molecular weight excluding hydrogens is 433 g/mol. The molecular formula is C20H17Cl2N3O3S. The summed E-state index contributed by atoms with van der Waals surface area (Å²) in [5, 5.41) is 6.33. The molecule has 2 N–H and O–H groups in total. The second-order valence-corrected chi connectivity index (χ2v) is 8.05. The van der Waals surface area contributed by atoms with Crippen LogP contribution < -0.4 is 15.4 Å². The molecule has 1 aromatic heterocycles. The summed E-state index contributed by atoms with van der Waals surface area (Å²) in [4.78, 5) is 29.8. The molecule has 9 heteroatoms. The number of carbonyl (C=O) groups excluding carboxylic acids is 2. The number of amides is 2. The minimum atomic E-state index is -0.462. The van der Waals surface area contributed by atoms with Crippen LogP contribution in [0, 0.1) is 6.92 Å². The first-order chi connectivity index (χ1) is 13.9. The highest BCUT2D eigenvalue weighted by atomic mass is 35.5. The Balaban J connectivity index is 1.61. The molecule has 2 amide bonds. The number of benzene rings is 2. The number of aromatic nitrogens is 1. The number of halogens is 2. The molecule has 1 heterocycles. The number of nitrogens with one attached hydrogen (secondary N) is 2. The minimum absolute atomic E-state index is 0.214. The summed E-state index contributed by atoms with van der Waals surface area (Å²) >= 11 is 13.2. The van der Waals surface area contributed by atoms with Gasteiger partial charge in [-0.05, 0) is 49.4 Å². The molecule has 2 aromatic carbocycles. The maximum atomic E-state index is 12.2. The standard InChI is InChI=1S/C20H17Cl2N3O3S/c1-11-18(12-3-6-14(28-2)7-4-12)25-20(29-11)24-17(26)10-23-19(27)15-8-5-13(21)9-16(15)22/h3-9H,10H2,1-2H3,(H,23,27)(H,24,25,26). The van der Waals surface area contributed by atoms with Crippen LogP contribution in [-0.2, 0) is 4.79 Å². The van der Waals surface area contributed by atoms with Crippen molar-refractivity contribution in [1.82, 2.24) is 10.3 Å². The Kier molecular flexibility index (Phi) is 6.74. The molecule has 0 unspecified atom stereocenters. The van der Waals surface area contributed by atoms with Gasteiger partial charge < -0.3 is 15.4 Å². The van der Waals surface area contributed by atoms with E-state index in [-0.39, 0.29) is 17.1 Å². The molecule has 0 aliphatic heterocycles. The SMILES string of the molecule is COc1ccc(-c2nc(NC(=O)CNC(=O)c3ccc(Cl)cc3Cl)sc2C)cc1. The van der Waals surface area contributed by atoms with E-state index >= 15 is 0 Å². The molecule has 3 aromatic rings. The van der Waals surface area contributed by atoms with E-state index in [4.69, 9.17) is 27.9 Å². The maximum Gasteiger partial charge on any atom is 0.253 e. The van der Waals surface area contributed by atoms with Crippen LogP contribution in [0.3, 0.4) is 0 Å². The van der Waals surface area contributed by atoms with Crippen LogP contribution in [-0.4, -0.2) is 30.5 Å². The number of aryl methyl sites for hydroxylation is 1. The lowest BCUT2D eigenvalue weighted by atomic mass is 10.1. The summed E-state index contributed by atoms with van der Waals surface area (Å²) < 4.78 is 5.16. The fourth-order valence-corrected chi connectivity index (χ4v) is 3.91. The van der Waals surface area contributed by atoms with Crippen molar-refractivity contribution in [3.8, 4) is 17.0 Å². The lowest BCUT2D eigenvalue weighted by Gasteiger charge is -2.07. The van der Waals surface area contributed by atoms with Gasteiger partial charge >= 0.3 is 0 Å². The lowest BCUT2D eigenvalue weighted by Crippen LogP contribution is -2.33. The summed E-state index contributed by atoms with van der Waals surface area (Å²) in [6.07, 6.45) is 0. The highest BCUT2D eigenvalue weighted by Gasteiger charge is 2.15. The van der Waals surface area contributed by atoms with Crippen LogP contribution in [0.5, 0.6) is 5.75 Å². The van der Waals surface area contributed by atoms with Crippen molar-refractivity contribution in [2.24, 2.45) is 0 Å². The number of hydrogen-bond acceptors (Lipinski definition) is 5. The van der Waals surface area contributed by atoms with E-state index in [0.29, 0.717) is 10.2 Å². The Hall–Kier alpha value is -2.61. The Morgan fingerprint density at radius 2 is 1.86 bits per heavy atom. The monoisotopic (exact) mass is 449 g/mol. The van der Waals surface area contributed by atoms with Gasteiger partial charge in [-0.2, -0.15) is 0 Å². The Bertz CT molecular complexity index is 1050. The van der Waals surface area contributed by atoms with Crippen molar-refractivity contribution >= 4 is 51.5 Å². The molecule has 0 atom stereocenters. The van der Waals surface area contributed by atoms with Gasteiger partial charge in [0.15, 0.2) is 5.13 Å². The van der Waals surface area contributed by atoms with E-state index in [2.05, 4.69) is 15.6 Å². The number of nitrogens with zero attached hydrogens (tertiary/aromatic N) is 1. The maximum absolute atomic E-state index is 12.2. The van der Waals surface area contributed by atoms with Crippen LogP contribution >= 0.6 is 34.5 Å². The minimum Gasteiger partial charge on any atom is -0.497 e. The fraction of sp³-hybridized carbons (Fsp3) is 0.150. The molecule has 0 saturated heterocycles. The van der Waals surface area contributed by atoms with Crippen LogP contribution in [0.4, 0.5) is 5.13 Å². The molecule has 150 valence electrons. The summed E-state index contributed by atoms with van der Waals surface area (Å²) in [5.74, 6) is -0.0961. The van der Waals surface area contributed by atoms with Crippen molar-refractivity contribution in [3.05, 3.63) is 63.0 Å². The highest BCUT2D eigenvalue weighted by Crippen LogP contribution is 2.31. The lowest BCUT2D eigenvalue weighted by molar-refractivity contribution is -0.115. The zero-order chi connectivity index (χ0) is 21.0. The van der Waals surface area contributed by atoms with E-state index in [1.54, 1.807) is 13.2 Å². The molecule has 29 heavy (non-hydrogen) atoms. The van der Waals surface area contributed by atoms with Crippen molar-refractivity contribution in [2.45, 2.75) is 6.92 Å². The Morgan fingerprint density at radius 3 is 2.52 bits per heavy atom. The summed E-state index contributed by atoms with van der Waals surface area (Å²) in [7, 11) is 1.61. The predicted molar refractivity (Wildman–Crippen MR) is 116 cm³/mol. The third kappa shape index (κ3) is 5.26. The van der Waals surface area contributed by atoms with E-state index in [0.717, 1.165) is 21.9 Å². The number of thiazole rings is 1. The van der Waals surface area contributed by atoms with Gasteiger partial charge in [0, 0.05) is 15.5 Å². The summed E-state index contributed by atoms with van der Waals surface area (Å²) in [6, 6.07) is 12.0. The number of ether oxygens (including phenoxy) is 1. The number of methoxy groups -OCH3 is 1. The second kappa shape index (κ2) is 9.26. The first kappa shape index (κ1) is 21.1. The third-order valence-corrected chi connectivity index (χ3v) is 5.43. The van der Waals surface area contributed by atoms with Crippen molar-refractivity contribution < 1.29 is 14.3 Å². The highest BCUT2D eigenvalue weighted by molar-refractivity contribution is 7.16. The molecule has 3 rings (SSSR count). The first-order valence-electron chi connectivity index (χ1n) is 8.52. The quantitative estimate of drug-likeness (QED) is 0.565. The molecule has 0 aliphatic carbocycles. The van der Waals surface area contributed by atoms with Gasteiger partial charge in [-0.25, -0.2) is 4.98 Å². The number of carbonyl (C=O) groups is 2. The molecule has 0 bridgehead atoms. The van der Waals surface area contributed by atoms with E-state index < -0.39 is 11.8 Å². The zero-order valence-electron chi connectivity index (χ0n) is 15.6. The Morgan fingerprint density at radius 1 is 1.14 bits per heavy atom. The van der Waals surface area contributed by atoms with Gasteiger partial charge in [-0.1, -0.05) is 23.2 Å². The molecule has 0 spiro atoms. The van der Waals surface area contributed by atoms with Crippen molar-refractivity contribution in [1.29, 1.82) is 0 Å². The first-order valence-corrected chi connectivity index (χ1v) is 10.1. The van der Waals surface area contributed by atoms with E-state index in [9.17, 15) is 9.59 Å². The molecule has 0 saturated carbocycles. The molecule has 0 radical (unpaired) electrons. The van der Waals surface area contributed by atoms with Gasteiger partial charge in [0.2, 0.25) is 5.91 Å². The predicted octanol–water partition coefficient (Wildman–Crippen LogP) is 4.80. The Labute approximate surface area is 181 Å². The molecule has 0 aliphatic rings. The summed E-state index contributed by atoms with van der Waals surface area (Å²) in [6.45, 7) is 1.71. The zero-order valence-corrected chi connectivity index (χ0v) is 17.9. The second-order valence-electron chi connectivity index (χ2n) is 6.01. The van der Waals surface area contributed by atoms with Crippen LogP contribution in [0.2, 0.25) is 10.0 Å². The topological polar surface area (TPSA) is 80.3 Å². The molecule has 0 fully saturated rings. The van der Waals surface area contributed by atoms with Crippen LogP contribution in [0.15, 0.2) is 42.5 Å². The number of rotatable bonds is 6. The average molecular weight is 450 g/mol. The van der Waals surface area contributed by atoms with Crippen molar-refractivity contribution in [3.63, 3.8) is 0 Å². The van der Waals surface area contributed by atoms with Crippen molar-refractivity contribution in [2.75, 3.05) is 19.0 Å². The van der Waals surface area contributed by atoms with Gasteiger partial charge in [0.1, 0.15) is 5.75 Å². The van der Waals surface area contributed by atoms with Crippen LogP contribution in [0.25, 0.3) is 11.3 Å². The third-order valence-electron chi connectivity index (χ3n) is 3.99. The van der Waals surface area contributed by atoms with Gasteiger partial charge in [-0.3, -0.25) is 9.59 Å². The average Bonchev–Trinajstić information content (AvgIpc) is 3.06. The van der Waals surface area contributed by atoms with Gasteiger partial charge in [0.25, 0.3) is 5.91 Å². The van der Waals surface area contributed by atoms with E-state index in [1.165, 1.54) is 23.5 Å². The number of anilines is 1. The van der Waals surface area contributed by atoms with Gasteiger partial charge in [-0.15, -0.1) is 11.3 Å². The van der Waals surface area contributed by atoms with Crippen LogP contribution in [0.1, 0.15) is 15.2 Å². The largest absolute Gasteiger partial charge is 0.497 e. The number of hydrogen-bond donors (Lipinski definition) is 2. The fourth-order valence-electron chi connectivity index (χ4n) is 2.56. The molecule has 6 nitrogen and oxygen atoms in total. The smallest absolute Gasteiger partial charge is 0.253 e. The summed E-state index contributed by atoms with van der Waals surface area (Å²) in [5.41, 5.74) is 1.95. The van der Waals surface area contributed by atoms with E-state index in [1.807, 2.05) is 31.2 Å². The normalized spacial score (nSPS) is 10.5.